The van der Waals surface area contributed by atoms with Gasteiger partial charge in [-0.2, -0.15) is 0 Å². The molecule has 0 bridgehead atoms. The van der Waals surface area contributed by atoms with Crippen LogP contribution >= 0.6 is 0 Å². The van der Waals surface area contributed by atoms with E-state index in [9.17, 15) is 19.5 Å². The zero-order valence-electron chi connectivity index (χ0n) is 12.0. The van der Waals surface area contributed by atoms with Crippen molar-refractivity contribution >= 4 is 17.9 Å². The van der Waals surface area contributed by atoms with Gasteiger partial charge in [-0.3, -0.25) is 4.79 Å². The van der Waals surface area contributed by atoms with E-state index in [2.05, 4.69) is 5.32 Å². The molecule has 0 aromatic heterocycles. The number of nitrogens with one attached hydrogen (secondary N) is 1. The van der Waals surface area contributed by atoms with Gasteiger partial charge in [-0.05, 0) is 31.6 Å². The fourth-order valence-corrected chi connectivity index (χ4v) is 2.52. The van der Waals surface area contributed by atoms with Crippen LogP contribution in [0.5, 0.6) is 0 Å². The second kappa shape index (κ2) is 7.12. The smallest absolute Gasteiger partial charge is 0.326 e. The Morgan fingerprint density at radius 2 is 2.00 bits per heavy atom. The Kier molecular flexibility index (Phi) is 5.79. The van der Waals surface area contributed by atoms with Gasteiger partial charge in [-0.15, -0.1) is 0 Å². The van der Waals surface area contributed by atoms with Gasteiger partial charge in [-0.1, -0.05) is 13.8 Å². The molecule has 0 aromatic rings. The van der Waals surface area contributed by atoms with Crippen LogP contribution in [0.2, 0.25) is 0 Å². The molecular weight excluding hydrogens is 262 g/mol. The molecule has 114 valence electrons. The van der Waals surface area contributed by atoms with E-state index in [0.717, 1.165) is 12.8 Å². The average molecular weight is 285 g/mol. The van der Waals surface area contributed by atoms with Crippen molar-refractivity contribution < 1.29 is 19.5 Å². The van der Waals surface area contributed by atoms with Gasteiger partial charge in [-0.25, -0.2) is 9.59 Å². The topological polar surface area (TPSA) is 113 Å². The number of hydrogen-bond donors (Lipinski definition) is 3. The van der Waals surface area contributed by atoms with Crippen LogP contribution in [0.25, 0.3) is 0 Å². The number of carbonyl (C=O) groups excluding carboxylic acids is 2. The monoisotopic (exact) mass is 285 g/mol. The molecule has 1 saturated heterocycles. The van der Waals surface area contributed by atoms with Gasteiger partial charge in [0.15, 0.2) is 0 Å². The number of carbonyl (C=O) groups is 3. The van der Waals surface area contributed by atoms with E-state index >= 15 is 0 Å². The molecule has 0 aliphatic carbocycles. The lowest BCUT2D eigenvalue weighted by atomic mass is 9.98. The number of likely N-dealkylation sites (tertiary alicyclic amines) is 1. The predicted octanol–water partition coefficient (Wildman–Crippen LogP) is 0.535. The maximum atomic E-state index is 12.5. The van der Waals surface area contributed by atoms with Gasteiger partial charge in [0, 0.05) is 6.54 Å². The Balaban J connectivity index is 2.84. The summed E-state index contributed by atoms with van der Waals surface area (Å²) in [4.78, 5) is 36.1. The summed E-state index contributed by atoms with van der Waals surface area (Å²) in [5, 5.41) is 11.6. The number of urea groups is 1. The molecule has 0 aromatic carbocycles. The van der Waals surface area contributed by atoms with Crippen LogP contribution in [0, 0.1) is 5.92 Å². The number of piperidine rings is 1. The Morgan fingerprint density at radius 1 is 1.35 bits per heavy atom. The lowest BCUT2D eigenvalue weighted by Gasteiger charge is -2.35. The number of nitrogens with zero attached hydrogens (tertiary/aromatic N) is 1. The zero-order chi connectivity index (χ0) is 15.3. The highest BCUT2D eigenvalue weighted by atomic mass is 16.4. The summed E-state index contributed by atoms with van der Waals surface area (Å²) < 4.78 is 0. The van der Waals surface area contributed by atoms with Crippen molar-refractivity contribution in [3.63, 3.8) is 0 Å². The number of rotatable bonds is 5. The van der Waals surface area contributed by atoms with Gasteiger partial charge in [0.05, 0.1) is 0 Å². The molecule has 1 aliphatic heterocycles. The van der Waals surface area contributed by atoms with E-state index in [1.54, 1.807) is 0 Å². The molecule has 0 spiro atoms. The van der Waals surface area contributed by atoms with E-state index in [-0.39, 0.29) is 11.8 Å². The SMILES string of the molecule is CC(C)CC(NC(N)=O)C(=O)N1CCCC[C@@H]1C(=O)O. The Labute approximate surface area is 118 Å². The molecule has 20 heavy (non-hydrogen) atoms. The standard InChI is InChI=1S/C13H23N3O4/c1-8(2)7-9(15-13(14)20)11(17)16-6-4-3-5-10(16)12(18)19/h8-10H,3-7H2,1-2H3,(H,18,19)(H3,14,15,20)/t9?,10-/m1/s1. The molecule has 7 heteroatoms. The van der Waals surface area contributed by atoms with Crippen LogP contribution < -0.4 is 11.1 Å². The molecule has 3 amide bonds. The van der Waals surface area contributed by atoms with Gasteiger partial charge in [0.25, 0.3) is 0 Å². The molecule has 0 radical (unpaired) electrons. The minimum absolute atomic E-state index is 0.184. The first-order chi connectivity index (χ1) is 9.32. The molecule has 7 nitrogen and oxygen atoms in total. The third-order valence-electron chi connectivity index (χ3n) is 3.39. The Bertz CT molecular complexity index is 384. The second-order valence-corrected chi connectivity index (χ2v) is 5.57. The third-order valence-corrected chi connectivity index (χ3v) is 3.39. The van der Waals surface area contributed by atoms with Gasteiger partial charge in [0.1, 0.15) is 12.1 Å². The lowest BCUT2D eigenvalue weighted by Crippen LogP contribution is -2.56. The molecular formula is C13H23N3O4. The maximum absolute atomic E-state index is 12.5. The van der Waals surface area contributed by atoms with E-state index < -0.39 is 24.1 Å². The van der Waals surface area contributed by atoms with Crippen LogP contribution in [-0.4, -0.2) is 46.5 Å². The number of hydrogen-bond acceptors (Lipinski definition) is 3. The highest BCUT2D eigenvalue weighted by Gasteiger charge is 2.35. The summed E-state index contributed by atoms with van der Waals surface area (Å²) in [6.07, 6.45) is 2.45. The zero-order valence-corrected chi connectivity index (χ0v) is 12.0. The number of primary amides is 1. The number of amides is 3. The fraction of sp³-hybridized carbons (Fsp3) is 0.769. The van der Waals surface area contributed by atoms with Crippen molar-refractivity contribution in [3.8, 4) is 0 Å². The first-order valence-electron chi connectivity index (χ1n) is 6.92. The molecule has 2 atom stereocenters. The molecule has 0 saturated carbocycles. The minimum Gasteiger partial charge on any atom is -0.480 e. The predicted molar refractivity (Wildman–Crippen MR) is 72.9 cm³/mol. The molecule has 1 heterocycles. The molecule has 1 rings (SSSR count). The van der Waals surface area contributed by atoms with Crippen LogP contribution in [0.4, 0.5) is 4.79 Å². The van der Waals surface area contributed by atoms with Crippen LogP contribution in [-0.2, 0) is 9.59 Å². The molecule has 1 fully saturated rings. The van der Waals surface area contributed by atoms with Crippen LogP contribution in [0.1, 0.15) is 39.5 Å². The van der Waals surface area contributed by atoms with E-state index in [0.29, 0.717) is 19.4 Å². The van der Waals surface area contributed by atoms with Crippen molar-refractivity contribution in [2.45, 2.75) is 51.6 Å². The first kappa shape index (κ1) is 16.3. The number of carboxylic acids is 1. The Morgan fingerprint density at radius 3 is 2.50 bits per heavy atom. The second-order valence-electron chi connectivity index (χ2n) is 5.57. The number of carboxylic acid groups (broad SMARTS) is 1. The van der Waals surface area contributed by atoms with E-state index in [1.165, 1.54) is 4.90 Å². The van der Waals surface area contributed by atoms with Crippen molar-refractivity contribution in [1.82, 2.24) is 10.2 Å². The maximum Gasteiger partial charge on any atom is 0.326 e. The van der Waals surface area contributed by atoms with Gasteiger partial charge >= 0.3 is 12.0 Å². The fourth-order valence-electron chi connectivity index (χ4n) is 2.52. The highest BCUT2D eigenvalue weighted by molar-refractivity contribution is 5.90. The van der Waals surface area contributed by atoms with Crippen LogP contribution in [0.15, 0.2) is 0 Å². The first-order valence-corrected chi connectivity index (χ1v) is 6.92. The summed E-state index contributed by atoms with van der Waals surface area (Å²) in [6, 6.07) is -2.33. The quantitative estimate of drug-likeness (QED) is 0.684. The summed E-state index contributed by atoms with van der Waals surface area (Å²) in [5.41, 5.74) is 5.09. The summed E-state index contributed by atoms with van der Waals surface area (Å²) in [7, 11) is 0. The Hall–Kier alpha value is -1.79. The van der Waals surface area contributed by atoms with Crippen molar-refractivity contribution in [3.05, 3.63) is 0 Å². The van der Waals surface area contributed by atoms with Gasteiger partial charge < -0.3 is 21.1 Å². The minimum atomic E-state index is -1.000. The van der Waals surface area contributed by atoms with Crippen molar-refractivity contribution in [2.75, 3.05) is 6.54 Å². The molecule has 1 aliphatic rings. The summed E-state index contributed by atoms with van der Waals surface area (Å²) in [5.74, 6) is -1.17. The molecule has 1 unspecified atom stereocenters. The van der Waals surface area contributed by atoms with Crippen molar-refractivity contribution in [2.24, 2.45) is 11.7 Å². The van der Waals surface area contributed by atoms with E-state index in [4.69, 9.17) is 5.73 Å². The third kappa shape index (κ3) is 4.40. The van der Waals surface area contributed by atoms with Crippen LogP contribution in [0.3, 0.4) is 0 Å². The number of nitrogens with two attached hydrogens (primary N) is 1. The van der Waals surface area contributed by atoms with Crippen molar-refractivity contribution in [1.29, 1.82) is 0 Å². The van der Waals surface area contributed by atoms with E-state index in [1.807, 2.05) is 13.8 Å². The largest absolute Gasteiger partial charge is 0.480 e. The number of aliphatic carboxylic acids is 1. The average Bonchev–Trinajstić information content (AvgIpc) is 2.36. The highest BCUT2D eigenvalue weighted by Crippen LogP contribution is 2.19. The summed E-state index contributed by atoms with van der Waals surface area (Å²) >= 11 is 0. The lowest BCUT2D eigenvalue weighted by molar-refractivity contribution is -0.153. The normalized spacial score (nSPS) is 20.6. The van der Waals surface area contributed by atoms with Gasteiger partial charge in [0.2, 0.25) is 5.91 Å². The molecule has 4 N–H and O–H groups in total. The summed E-state index contributed by atoms with van der Waals surface area (Å²) in [6.45, 7) is 4.26.